The number of benzene rings is 2. The Morgan fingerprint density at radius 1 is 0.929 bits per heavy atom. The van der Waals surface area contributed by atoms with E-state index in [0.717, 1.165) is 6.42 Å². The molecule has 2 aromatic rings. The van der Waals surface area contributed by atoms with Crippen molar-refractivity contribution in [1.29, 1.82) is 0 Å². The molecule has 1 unspecified atom stereocenters. The molecule has 150 valence electrons. The lowest BCUT2D eigenvalue weighted by atomic mass is 10.2. The Hall–Kier alpha value is -1.43. The minimum atomic E-state index is -1.69. The van der Waals surface area contributed by atoms with Crippen LogP contribution in [0.25, 0.3) is 0 Å². The standard InChI is InChI=1S/C24H33O2PSi/c1-21(15-13-14-20-25-28(5,6)24(2,3)4)26-27(22-16-9-7-10-17-22)23-18-11-8-12-19-23/h7-12,16-19,21H,14,20H2,1-6H3. The Morgan fingerprint density at radius 2 is 1.43 bits per heavy atom. The van der Waals surface area contributed by atoms with Crippen molar-refractivity contribution in [1.82, 2.24) is 0 Å². The summed E-state index contributed by atoms with van der Waals surface area (Å²) in [7, 11) is -2.57. The van der Waals surface area contributed by atoms with Crippen LogP contribution in [0.4, 0.5) is 0 Å². The molecule has 0 aliphatic rings. The predicted octanol–water partition coefficient (Wildman–Crippen LogP) is 5.85. The lowest BCUT2D eigenvalue weighted by Gasteiger charge is -2.35. The molecule has 28 heavy (non-hydrogen) atoms. The highest BCUT2D eigenvalue weighted by Gasteiger charge is 2.36. The van der Waals surface area contributed by atoms with Gasteiger partial charge >= 0.3 is 0 Å². The van der Waals surface area contributed by atoms with Crippen molar-refractivity contribution in [2.75, 3.05) is 6.61 Å². The predicted molar refractivity (Wildman–Crippen MR) is 125 cm³/mol. The zero-order valence-corrected chi connectivity index (χ0v) is 19.9. The van der Waals surface area contributed by atoms with E-state index >= 15 is 0 Å². The van der Waals surface area contributed by atoms with E-state index in [-0.39, 0.29) is 11.1 Å². The average Bonchev–Trinajstić information content (AvgIpc) is 2.66. The van der Waals surface area contributed by atoms with Gasteiger partial charge in [0, 0.05) is 23.6 Å². The van der Waals surface area contributed by atoms with Crippen molar-refractivity contribution in [2.45, 2.75) is 58.4 Å². The van der Waals surface area contributed by atoms with Crippen LogP contribution in [0, 0.1) is 11.8 Å². The Morgan fingerprint density at radius 3 is 1.89 bits per heavy atom. The van der Waals surface area contributed by atoms with Gasteiger partial charge in [0.1, 0.15) is 6.10 Å². The number of hydrogen-bond acceptors (Lipinski definition) is 2. The zero-order valence-electron chi connectivity index (χ0n) is 18.0. The fourth-order valence-electron chi connectivity index (χ4n) is 2.37. The summed E-state index contributed by atoms with van der Waals surface area (Å²) in [6.45, 7) is 14.1. The highest BCUT2D eigenvalue weighted by atomic mass is 31.1. The largest absolute Gasteiger partial charge is 0.416 e. The van der Waals surface area contributed by atoms with E-state index < -0.39 is 16.5 Å². The molecule has 0 fully saturated rings. The van der Waals surface area contributed by atoms with E-state index in [1.54, 1.807) is 0 Å². The molecule has 0 saturated heterocycles. The monoisotopic (exact) mass is 412 g/mol. The molecule has 0 N–H and O–H groups in total. The third-order valence-corrected chi connectivity index (χ3v) is 11.6. The van der Waals surface area contributed by atoms with Gasteiger partial charge in [-0.05, 0) is 25.1 Å². The molecule has 0 bridgehead atoms. The summed E-state index contributed by atoms with van der Waals surface area (Å²) >= 11 is 0. The molecule has 0 amide bonds. The molecule has 0 aliphatic carbocycles. The molecule has 0 saturated carbocycles. The summed E-state index contributed by atoms with van der Waals surface area (Å²) in [4.78, 5) is 0. The number of hydrogen-bond donors (Lipinski definition) is 0. The average molecular weight is 413 g/mol. The van der Waals surface area contributed by atoms with Crippen LogP contribution in [0.1, 0.15) is 34.1 Å². The minimum absolute atomic E-state index is 0.126. The third kappa shape index (κ3) is 6.87. The van der Waals surface area contributed by atoms with Crippen molar-refractivity contribution in [3.05, 3.63) is 60.7 Å². The van der Waals surface area contributed by atoms with Gasteiger partial charge in [-0.1, -0.05) is 93.3 Å². The molecular weight excluding hydrogens is 379 g/mol. The lowest BCUT2D eigenvalue weighted by molar-refractivity contribution is 0.295. The smallest absolute Gasteiger partial charge is 0.192 e. The van der Waals surface area contributed by atoms with Gasteiger partial charge in [0.2, 0.25) is 0 Å². The maximum Gasteiger partial charge on any atom is 0.192 e. The van der Waals surface area contributed by atoms with E-state index in [1.807, 2.05) is 19.1 Å². The summed E-state index contributed by atoms with van der Waals surface area (Å²) in [5.41, 5.74) is 0. The summed E-state index contributed by atoms with van der Waals surface area (Å²) in [5, 5.41) is 2.65. The van der Waals surface area contributed by atoms with Crippen molar-refractivity contribution in [3.63, 3.8) is 0 Å². The first-order valence-corrected chi connectivity index (χ1v) is 14.1. The Balaban J connectivity index is 1.96. The van der Waals surface area contributed by atoms with Crippen molar-refractivity contribution < 1.29 is 8.95 Å². The van der Waals surface area contributed by atoms with Gasteiger partial charge in [0.15, 0.2) is 8.32 Å². The Kier molecular flexibility index (Phi) is 8.47. The maximum atomic E-state index is 6.38. The van der Waals surface area contributed by atoms with Gasteiger partial charge in [-0.15, -0.1) is 0 Å². The molecule has 0 spiro atoms. The molecule has 2 aromatic carbocycles. The van der Waals surface area contributed by atoms with Gasteiger partial charge < -0.3 is 8.95 Å². The van der Waals surface area contributed by atoms with Crippen LogP contribution in [0.15, 0.2) is 60.7 Å². The highest BCUT2D eigenvalue weighted by Crippen LogP contribution is 2.37. The summed E-state index contributed by atoms with van der Waals surface area (Å²) in [6, 6.07) is 20.8. The second-order valence-corrected chi connectivity index (χ2v) is 15.0. The van der Waals surface area contributed by atoms with Crippen molar-refractivity contribution >= 4 is 27.1 Å². The van der Waals surface area contributed by atoms with Crippen LogP contribution < -0.4 is 10.6 Å². The topological polar surface area (TPSA) is 18.5 Å². The Labute approximate surface area is 173 Å². The van der Waals surface area contributed by atoms with Crippen LogP contribution in [0.3, 0.4) is 0 Å². The van der Waals surface area contributed by atoms with Gasteiger partial charge in [-0.25, -0.2) is 0 Å². The molecule has 0 heterocycles. The van der Waals surface area contributed by atoms with Crippen LogP contribution in [-0.2, 0) is 8.95 Å². The normalized spacial score (nSPS) is 13.1. The SMILES string of the molecule is CC(C#CCCO[Si](C)(C)C(C)(C)C)OP(c1ccccc1)c1ccccc1. The second-order valence-electron chi connectivity index (χ2n) is 8.39. The van der Waals surface area contributed by atoms with Gasteiger partial charge in [-0.3, -0.25) is 0 Å². The fraction of sp³-hybridized carbons (Fsp3) is 0.417. The van der Waals surface area contributed by atoms with E-state index in [1.165, 1.54) is 10.6 Å². The van der Waals surface area contributed by atoms with E-state index in [9.17, 15) is 0 Å². The van der Waals surface area contributed by atoms with Crippen LogP contribution in [-0.4, -0.2) is 21.0 Å². The molecule has 0 aromatic heterocycles. The van der Waals surface area contributed by atoms with E-state index in [4.69, 9.17) is 8.95 Å². The van der Waals surface area contributed by atoms with Crippen molar-refractivity contribution in [3.8, 4) is 11.8 Å². The van der Waals surface area contributed by atoms with Crippen LogP contribution >= 0.6 is 8.15 Å². The summed E-state index contributed by atoms with van der Waals surface area (Å²) in [6.07, 6.45) is 0.619. The highest BCUT2D eigenvalue weighted by molar-refractivity contribution is 7.68. The lowest BCUT2D eigenvalue weighted by Crippen LogP contribution is -2.40. The zero-order chi connectivity index (χ0) is 20.6. The summed E-state index contributed by atoms with van der Waals surface area (Å²) in [5.74, 6) is 6.51. The van der Waals surface area contributed by atoms with Crippen LogP contribution in [0.5, 0.6) is 0 Å². The molecule has 4 heteroatoms. The van der Waals surface area contributed by atoms with E-state index in [0.29, 0.717) is 6.61 Å². The van der Waals surface area contributed by atoms with E-state index in [2.05, 4.69) is 94.2 Å². The third-order valence-electron chi connectivity index (χ3n) is 5.05. The molecule has 2 rings (SSSR count). The van der Waals surface area contributed by atoms with Crippen molar-refractivity contribution in [2.24, 2.45) is 0 Å². The summed E-state index contributed by atoms with van der Waals surface area (Å²) < 4.78 is 12.6. The van der Waals surface area contributed by atoms with Crippen LogP contribution in [0.2, 0.25) is 18.1 Å². The second kappa shape index (κ2) is 10.4. The fourth-order valence-corrected chi connectivity index (χ4v) is 5.21. The minimum Gasteiger partial charge on any atom is -0.416 e. The molecule has 0 radical (unpaired) electrons. The first-order chi connectivity index (χ1) is 13.2. The quantitative estimate of drug-likeness (QED) is 0.246. The first kappa shape index (κ1) is 22.9. The van der Waals surface area contributed by atoms with Gasteiger partial charge in [0.05, 0.1) is 8.15 Å². The Bertz CT molecular complexity index is 733. The first-order valence-electron chi connectivity index (χ1n) is 9.90. The van der Waals surface area contributed by atoms with Gasteiger partial charge in [-0.2, -0.15) is 0 Å². The molecule has 0 aliphatic heterocycles. The molecule has 2 nitrogen and oxygen atoms in total. The number of rotatable bonds is 7. The van der Waals surface area contributed by atoms with Gasteiger partial charge in [0.25, 0.3) is 0 Å². The molecule has 1 atom stereocenters. The maximum absolute atomic E-state index is 6.38. The molecular formula is C24H33O2PSi.